The summed E-state index contributed by atoms with van der Waals surface area (Å²) < 4.78 is 0.854. The highest BCUT2D eigenvalue weighted by Crippen LogP contribution is 2.25. The van der Waals surface area contributed by atoms with Gasteiger partial charge < -0.3 is 15.8 Å². The van der Waals surface area contributed by atoms with E-state index in [4.69, 9.17) is 10.9 Å². The van der Waals surface area contributed by atoms with Gasteiger partial charge in [0.25, 0.3) is 0 Å². The summed E-state index contributed by atoms with van der Waals surface area (Å²) in [7, 11) is 0. The molecule has 1 heterocycles. The molecule has 1 saturated heterocycles. The molecule has 0 atom stereocenters. The number of nitrogens with two attached hydrogens (primary N) is 1. The third-order valence-corrected chi connectivity index (χ3v) is 4.63. The molecule has 1 aliphatic heterocycles. The Morgan fingerprint density at radius 1 is 1.39 bits per heavy atom. The summed E-state index contributed by atoms with van der Waals surface area (Å²) in [5, 5.41) is 11.7. The molecule has 18 heavy (non-hydrogen) atoms. The molecule has 1 aliphatic rings. The average molecular weight is 330 g/mol. The van der Waals surface area contributed by atoms with Gasteiger partial charge in [-0.2, -0.15) is 11.8 Å². The Labute approximate surface area is 119 Å². The maximum absolute atomic E-state index is 8.70. The number of oxime groups is 1. The van der Waals surface area contributed by atoms with Gasteiger partial charge in [-0.25, -0.2) is 0 Å². The van der Waals surface area contributed by atoms with Gasteiger partial charge in [0.05, 0.1) is 0 Å². The minimum atomic E-state index is 0.125. The molecule has 6 heteroatoms. The van der Waals surface area contributed by atoms with Crippen molar-refractivity contribution in [2.45, 2.75) is 6.42 Å². The number of halogens is 1. The molecule has 1 aromatic rings. The second-order valence-corrected chi connectivity index (χ2v) is 6.18. The Morgan fingerprint density at radius 2 is 2.22 bits per heavy atom. The molecule has 0 spiro atoms. The molecule has 1 fully saturated rings. The minimum Gasteiger partial charge on any atom is -0.409 e. The largest absolute Gasteiger partial charge is 0.409 e. The first-order valence-electron chi connectivity index (χ1n) is 5.82. The van der Waals surface area contributed by atoms with Crippen LogP contribution in [0.15, 0.2) is 27.8 Å². The van der Waals surface area contributed by atoms with Gasteiger partial charge in [-0.1, -0.05) is 5.16 Å². The van der Waals surface area contributed by atoms with Crippen LogP contribution < -0.4 is 10.6 Å². The van der Waals surface area contributed by atoms with Gasteiger partial charge in [-0.15, -0.1) is 0 Å². The van der Waals surface area contributed by atoms with Gasteiger partial charge in [0.2, 0.25) is 0 Å². The minimum absolute atomic E-state index is 0.125. The standard InChI is InChI=1S/C12H16BrN3OS/c13-11-8-9(2-3-10(11)12(14)15-17)16-4-1-6-18-7-5-16/h2-3,8,17H,1,4-7H2,(H2,14,15). The summed E-state index contributed by atoms with van der Waals surface area (Å²) in [6.45, 7) is 2.16. The molecule has 3 N–H and O–H groups in total. The Balaban J connectivity index is 2.22. The fraction of sp³-hybridized carbons (Fsp3) is 0.417. The lowest BCUT2D eigenvalue weighted by Crippen LogP contribution is -2.25. The van der Waals surface area contributed by atoms with Crippen LogP contribution in [0.2, 0.25) is 0 Å². The molecular formula is C12H16BrN3OS. The fourth-order valence-corrected chi connectivity index (χ4v) is 3.42. The van der Waals surface area contributed by atoms with E-state index in [0.29, 0.717) is 5.56 Å². The molecule has 0 unspecified atom stereocenters. The molecule has 2 rings (SSSR count). The topological polar surface area (TPSA) is 61.9 Å². The van der Waals surface area contributed by atoms with E-state index in [0.717, 1.165) is 17.6 Å². The SMILES string of the molecule is N/C(=N/O)c1ccc(N2CCCSCC2)cc1Br. The van der Waals surface area contributed by atoms with Crippen LogP contribution in [-0.2, 0) is 0 Å². The lowest BCUT2D eigenvalue weighted by molar-refractivity contribution is 0.318. The van der Waals surface area contributed by atoms with Crippen molar-refractivity contribution in [1.29, 1.82) is 0 Å². The van der Waals surface area contributed by atoms with E-state index >= 15 is 0 Å². The number of hydrogen-bond acceptors (Lipinski definition) is 4. The zero-order chi connectivity index (χ0) is 13.0. The van der Waals surface area contributed by atoms with Gasteiger partial charge in [0.15, 0.2) is 5.84 Å². The Kier molecular flexibility index (Phi) is 4.77. The first-order valence-corrected chi connectivity index (χ1v) is 7.77. The normalized spacial score (nSPS) is 17.6. The number of amidine groups is 1. The van der Waals surface area contributed by atoms with E-state index in [2.05, 4.69) is 26.0 Å². The molecule has 0 aromatic heterocycles. The highest BCUT2D eigenvalue weighted by molar-refractivity contribution is 9.10. The van der Waals surface area contributed by atoms with Gasteiger partial charge in [0, 0.05) is 34.6 Å². The van der Waals surface area contributed by atoms with Crippen molar-refractivity contribution >= 4 is 39.2 Å². The van der Waals surface area contributed by atoms with E-state index in [1.807, 2.05) is 30.0 Å². The molecule has 0 amide bonds. The molecule has 1 aromatic carbocycles. The molecule has 0 aliphatic carbocycles. The third-order valence-electron chi connectivity index (χ3n) is 2.92. The highest BCUT2D eigenvalue weighted by atomic mass is 79.9. The van der Waals surface area contributed by atoms with Crippen molar-refractivity contribution in [2.75, 3.05) is 29.5 Å². The van der Waals surface area contributed by atoms with Crippen LogP contribution in [0.4, 0.5) is 5.69 Å². The van der Waals surface area contributed by atoms with Crippen molar-refractivity contribution < 1.29 is 5.21 Å². The van der Waals surface area contributed by atoms with Crippen LogP contribution in [-0.4, -0.2) is 35.6 Å². The smallest absolute Gasteiger partial charge is 0.171 e. The van der Waals surface area contributed by atoms with Crippen LogP contribution in [0.1, 0.15) is 12.0 Å². The Bertz CT molecular complexity index is 445. The quantitative estimate of drug-likeness (QED) is 0.379. The summed E-state index contributed by atoms with van der Waals surface area (Å²) in [6.07, 6.45) is 1.21. The zero-order valence-corrected chi connectivity index (χ0v) is 12.4. The molecular weight excluding hydrogens is 314 g/mol. The van der Waals surface area contributed by atoms with Crippen molar-refractivity contribution in [2.24, 2.45) is 10.9 Å². The Morgan fingerprint density at radius 3 is 2.94 bits per heavy atom. The molecule has 0 bridgehead atoms. The number of nitrogens with zero attached hydrogens (tertiary/aromatic N) is 2. The van der Waals surface area contributed by atoms with Gasteiger partial charge in [-0.3, -0.25) is 0 Å². The van der Waals surface area contributed by atoms with E-state index in [1.165, 1.54) is 23.6 Å². The van der Waals surface area contributed by atoms with Crippen LogP contribution >= 0.6 is 27.7 Å². The molecule has 4 nitrogen and oxygen atoms in total. The summed E-state index contributed by atoms with van der Waals surface area (Å²) in [6, 6.07) is 5.93. The maximum Gasteiger partial charge on any atom is 0.171 e. The lowest BCUT2D eigenvalue weighted by Gasteiger charge is -2.23. The zero-order valence-electron chi connectivity index (χ0n) is 9.97. The van der Waals surface area contributed by atoms with Crippen molar-refractivity contribution in [1.82, 2.24) is 0 Å². The van der Waals surface area contributed by atoms with E-state index in [9.17, 15) is 0 Å². The Hall–Kier alpha value is -0.880. The van der Waals surface area contributed by atoms with E-state index < -0.39 is 0 Å². The number of hydrogen-bond donors (Lipinski definition) is 2. The fourth-order valence-electron chi connectivity index (χ4n) is 1.97. The lowest BCUT2D eigenvalue weighted by atomic mass is 10.1. The second kappa shape index (κ2) is 6.33. The number of rotatable bonds is 2. The van der Waals surface area contributed by atoms with E-state index in [-0.39, 0.29) is 5.84 Å². The first kappa shape index (κ1) is 13.5. The van der Waals surface area contributed by atoms with Crippen LogP contribution in [0.25, 0.3) is 0 Å². The van der Waals surface area contributed by atoms with Gasteiger partial charge in [0.1, 0.15) is 0 Å². The summed E-state index contributed by atoms with van der Waals surface area (Å²) in [5.74, 6) is 2.53. The molecule has 0 saturated carbocycles. The van der Waals surface area contributed by atoms with Gasteiger partial charge in [-0.05, 0) is 46.3 Å². The van der Waals surface area contributed by atoms with Crippen molar-refractivity contribution in [3.05, 3.63) is 28.2 Å². The summed E-state index contributed by atoms with van der Waals surface area (Å²) >= 11 is 5.48. The number of benzene rings is 1. The molecule has 98 valence electrons. The predicted molar refractivity (Wildman–Crippen MR) is 80.8 cm³/mol. The van der Waals surface area contributed by atoms with Gasteiger partial charge >= 0.3 is 0 Å². The first-order chi connectivity index (χ1) is 8.72. The number of anilines is 1. The summed E-state index contributed by atoms with van der Waals surface area (Å²) in [4.78, 5) is 2.38. The van der Waals surface area contributed by atoms with Crippen LogP contribution in [0.3, 0.4) is 0 Å². The predicted octanol–water partition coefficient (Wildman–Crippen LogP) is 2.49. The van der Waals surface area contributed by atoms with Crippen LogP contribution in [0.5, 0.6) is 0 Å². The number of thioether (sulfide) groups is 1. The maximum atomic E-state index is 8.70. The van der Waals surface area contributed by atoms with Crippen molar-refractivity contribution in [3.8, 4) is 0 Å². The van der Waals surface area contributed by atoms with E-state index in [1.54, 1.807) is 0 Å². The second-order valence-electron chi connectivity index (χ2n) is 4.10. The highest BCUT2D eigenvalue weighted by Gasteiger charge is 2.12. The third kappa shape index (κ3) is 3.11. The average Bonchev–Trinajstić information content (AvgIpc) is 2.66. The van der Waals surface area contributed by atoms with Crippen LogP contribution in [0, 0.1) is 0 Å². The molecule has 0 radical (unpaired) electrons. The summed E-state index contributed by atoms with van der Waals surface area (Å²) in [5.41, 5.74) is 7.49. The monoisotopic (exact) mass is 329 g/mol. The van der Waals surface area contributed by atoms with Crippen molar-refractivity contribution in [3.63, 3.8) is 0 Å².